The molecule has 0 spiro atoms. The van der Waals surface area contributed by atoms with Crippen molar-refractivity contribution >= 4 is 17.8 Å². The van der Waals surface area contributed by atoms with Gasteiger partial charge >= 0.3 is 6.09 Å². The molecule has 2 aromatic carbocycles. The molecule has 1 heterocycles. The lowest BCUT2D eigenvalue weighted by Gasteiger charge is -2.38. The lowest BCUT2D eigenvalue weighted by atomic mass is 9.72. The molecular weight excluding hydrogens is 495 g/mol. The minimum atomic E-state index is -0.422. The number of nitrogens with zero attached hydrogens (tertiary/aromatic N) is 1. The summed E-state index contributed by atoms with van der Waals surface area (Å²) in [4.78, 5) is 28.8. The fourth-order valence-corrected chi connectivity index (χ4v) is 5.60. The molecule has 2 saturated carbocycles. The van der Waals surface area contributed by atoms with Crippen molar-refractivity contribution in [1.29, 1.82) is 0 Å². The molecule has 3 aromatic rings. The van der Waals surface area contributed by atoms with E-state index in [0.717, 1.165) is 61.6 Å². The van der Waals surface area contributed by atoms with Crippen LogP contribution in [0.25, 0.3) is 22.3 Å². The molecular formula is C31H35FN4O3. The van der Waals surface area contributed by atoms with Crippen molar-refractivity contribution < 1.29 is 18.7 Å². The van der Waals surface area contributed by atoms with Crippen LogP contribution >= 0.6 is 0 Å². The second-order valence-electron chi connectivity index (χ2n) is 10.7. The highest BCUT2D eigenvalue weighted by atomic mass is 19.1. The second-order valence-corrected chi connectivity index (χ2v) is 10.7. The summed E-state index contributed by atoms with van der Waals surface area (Å²) in [5, 5.41) is 5.38. The van der Waals surface area contributed by atoms with Crippen LogP contribution in [0.2, 0.25) is 0 Å². The first-order valence-electron chi connectivity index (χ1n) is 13.7. The van der Waals surface area contributed by atoms with E-state index in [1.54, 1.807) is 30.5 Å². The quantitative estimate of drug-likeness (QED) is 0.340. The van der Waals surface area contributed by atoms with Gasteiger partial charge in [0.05, 0.1) is 0 Å². The van der Waals surface area contributed by atoms with Crippen LogP contribution in [0, 0.1) is 11.7 Å². The Morgan fingerprint density at radius 2 is 1.74 bits per heavy atom. The van der Waals surface area contributed by atoms with Gasteiger partial charge in [0.1, 0.15) is 17.7 Å². The van der Waals surface area contributed by atoms with E-state index in [9.17, 15) is 14.0 Å². The molecule has 1 aromatic heterocycles. The normalized spacial score (nSPS) is 20.0. The Morgan fingerprint density at radius 3 is 2.38 bits per heavy atom. The molecule has 2 aliphatic carbocycles. The number of hydrogen-bond donors (Lipinski definition) is 3. The van der Waals surface area contributed by atoms with Gasteiger partial charge in [-0.1, -0.05) is 42.5 Å². The number of anilines is 1. The molecule has 39 heavy (non-hydrogen) atoms. The topological polar surface area (TPSA) is 106 Å². The Hall–Kier alpha value is -3.78. The number of benzene rings is 2. The zero-order valence-corrected chi connectivity index (χ0v) is 22.2. The number of alkyl carbamates (subject to hydrolysis) is 1. The van der Waals surface area contributed by atoms with Gasteiger partial charge in [-0.15, -0.1) is 0 Å². The van der Waals surface area contributed by atoms with E-state index in [1.165, 1.54) is 13.1 Å². The summed E-state index contributed by atoms with van der Waals surface area (Å²) in [6, 6.07) is 16.5. The Morgan fingerprint density at radius 1 is 1.03 bits per heavy atom. The van der Waals surface area contributed by atoms with E-state index in [4.69, 9.17) is 10.5 Å². The lowest BCUT2D eigenvalue weighted by molar-refractivity contribution is -0.117. The van der Waals surface area contributed by atoms with Gasteiger partial charge < -0.3 is 21.1 Å². The van der Waals surface area contributed by atoms with E-state index in [2.05, 4.69) is 15.6 Å². The summed E-state index contributed by atoms with van der Waals surface area (Å²) in [5.41, 5.74) is 10.1. The Kier molecular flexibility index (Phi) is 7.93. The smallest absolute Gasteiger partial charge is 0.407 e. The number of amides is 2. The fourth-order valence-electron chi connectivity index (χ4n) is 5.60. The molecule has 2 aliphatic rings. The molecule has 2 amide bonds. The SMILES string of the molecule is CNC(=O)O[C@H]1CC[C@H](CC(=O)Nc2cc(-c3ccccc3F)c(-c3ccc(C4(N)CCC4)cc3)cn2)CC1. The number of ether oxygens (including phenoxy) is 1. The predicted octanol–water partition coefficient (Wildman–Crippen LogP) is 6.14. The van der Waals surface area contributed by atoms with Crippen LogP contribution < -0.4 is 16.4 Å². The first-order valence-corrected chi connectivity index (χ1v) is 13.7. The van der Waals surface area contributed by atoms with Gasteiger partial charge in [-0.2, -0.15) is 0 Å². The predicted molar refractivity (Wildman–Crippen MR) is 149 cm³/mol. The van der Waals surface area contributed by atoms with E-state index < -0.39 is 6.09 Å². The highest BCUT2D eigenvalue weighted by molar-refractivity contribution is 5.92. The number of halogens is 1. The van der Waals surface area contributed by atoms with Crippen molar-refractivity contribution in [3.8, 4) is 22.3 Å². The highest BCUT2D eigenvalue weighted by Crippen LogP contribution is 2.40. The number of aromatic nitrogens is 1. The highest BCUT2D eigenvalue weighted by Gasteiger charge is 2.34. The average molecular weight is 531 g/mol. The maximum atomic E-state index is 14.9. The molecule has 0 saturated heterocycles. The average Bonchev–Trinajstić information content (AvgIpc) is 2.93. The molecule has 204 valence electrons. The van der Waals surface area contributed by atoms with Crippen LogP contribution in [0.15, 0.2) is 60.8 Å². The molecule has 2 fully saturated rings. The first kappa shape index (κ1) is 26.8. The minimum absolute atomic E-state index is 0.111. The summed E-state index contributed by atoms with van der Waals surface area (Å²) < 4.78 is 20.3. The molecule has 4 N–H and O–H groups in total. The first-order chi connectivity index (χ1) is 18.8. The lowest BCUT2D eigenvalue weighted by Crippen LogP contribution is -2.43. The van der Waals surface area contributed by atoms with Gasteiger partial charge in [0.25, 0.3) is 0 Å². The summed E-state index contributed by atoms with van der Waals surface area (Å²) >= 11 is 0. The van der Waals surface area contributed by atoms with Gasteiger partial charge in [0, 0.05) is 36.3 Å². The third kappa shape index (κ3) is 6.11. The van der Waals surface area contributed by atoms with E-state index in [0.29, 0.717) is 23.4 Å². The molecule has 5 rings (SSSR count). The summed E-state index contributed by atoms with van der Waals surface area (Å²) in [6.07, 6.45) is 7.70. The number of pyridine rings is 1. The van der Waals surface area contributed by atoms with Crippen LogP contribution in [0.4, 0.5) is 15.0 Å². The molecule has 7 nitrogen and oxygen atoms in total. The monoisotopic (exact) mass is 530 g/mol. The molecule has 8 heteroatoms. The molecule has 0 radical (unpaired) electrons. The number of carbonyl (C=O) groups excluding carboxylic acids is 2. The molecule has 0 unspecified atom stereocenters. The van der Waals surface area contributed by atoms with Crippen molar-refractivity contribution in [3.63, 3.8) is 0 Å². The van der Waals surface area contributed by atoms with Gasteiger partial charge in [0.2, 0.25) is 5.91 Å². The Bertz CT molecular complexity index is 1330. The zero-order chi connectivity index (χ0) is 27.4. The van der Waals surface area contributed by atoms with Crippen LogP contribution in [0.3, 0.4) is 0 Å². The van der Waals surface area contributed by atoms with E-state index in [-0.39, 0.29) is 29.3 Å². The maximum absolute atomic E-state index is 14.9. The second kappa shape index (κ2) is 11.5. The summed E-state index contributed by atoms with van der Waals surface area (Å²) in [5.74, 6) is 0.110. The minimum Gasteiger partial charge on any atom is -0.446 e. The van der Waals surface area contributed by atoms with Gasteiger partial charge in [-0.3, -0.25) is 4.79 Å². The van der Waals surface area contributed by atoms with Crippen molar-refractivity contribution in [2.75, 3.05) is 12.4 Å². The number of hydrogen-bond acceptors (Lipinski definition) is 5. The maximum Gasteiger partial charge on any atom is 0.407 e. The van der Waals surface area contributed by atoms with E-state index in [1.807, 2.05) is 24.3 Å². The number of nitrogens with two attached hydrogens (primary N) is 1. The Labute approximate surface area is 228 Å². The van der Waals surface area contributed by atoms with Gasteiger partial charge in [-0.25, -0.2) is 14.2 Å². The summed E-state index contributed by atoms with van der Waals surface area (Å²) in [6.45, 7) is 0. The Balaban J connectivity index is 1.32. The summed E-state index contributed by atoms with van der Waals surface area (Å²) in [7, 11) is 1.54. The van der Waals surface area contributed by atoms with Crippen molar-refractivity contribution in [2.24, 2.45) is 11.7 Å². The van der Waals surface area contributed by atoms with Gasteiger partial charge in [-0.05, 0) is 79.7 Å². The third-order valence-corrected chi connectivity index (χ3v) is 8.10. The van der Waals surface area contributed by atoms with Crippen LogP contribution in [-0.4, -0.2) is 30.1 Å². The number of rotatable bonds is 7. The fraction of sp³-hybridized carbons (Fsp3) is 0.387. The van der Waals surface area contributed by atoms with Gasteiger partial charge in [0.15, 0.2) is 0 Å². The van der Waals surface area contributed by atoms with Crippen LogP contribution in [0.5, 0.6) is 0 Å². The van der Waals surface area contributed by atoms with Crippen LogP contribution in [-0.2, 0) is 15.1 Å². The standard InChI is InChI=1S/C31H35FN4O3/c1-34-30(38)39-23-13-7-20(8-14-23)17-29(37)36-28-18-25(24-5-2-3-6-27(24)32)26(19-35-28)21-9-11-22(12-10-21)31(33)15-4-16-31/h2-3,5-6,9-12,18-20,23H,4,7-8,13-17,33H2,1H3,(H,34,38)(H,35,36,37)/t20-,23-. The van der Waals surface area contributed by atoms with Crippen molar-refractivity contribution in [2.45, 2.75) is 63.0 Å². The number of carbonyl (C=O) groups is 2. The molecule has 0 aliphatic heterocycles. The van der Waals surface area contributed by atoms with Crippen LogP contribution in [0.1, 0.15) is 56.9 Å². The van der Waals surface area contributed by atoms with E-state index >= 15 is 0 Å². The zero-order valence-electron chi connectivity index (χ0n) is 22.2. The molecule has 0 bridgehead atoms. The number of nitrogens with one attached hydrogen (secondary N) is 2. The molecule has 0 atom stereocenters. The van der Waals surface area contributed by atoms with Crippen molar-refractivity contribution in [1.82, 2.24) is 10.3 Å². The van der Waals surface area contributed by atoms with Crippen molar-refractivity contribution in [3.05, 3.63) is 72.2 Å². The third-order valence-electron chi connectivity index (χ3n) is 8.10. The largest absolute Gasteiger partial charge is 0.446 e.